The molecule has 7 heteroatoms. The minimum absolute atomic E-state index is 0.0585. The van der Waals surface area contributed by atoms with Crippen molar-refractivity contribution in [2.45, 2.75) is 25.9 Å². The second-order valence-electron chi connectivity index (χ2n) is 8.44. The van der Waals surface area contributed by atoms with Crippen LogP contribution in [0.1, 0.15) is 23.1 Å². The van der Waals surface area contributed by atoms with Crippen LogP contribution in [0, 0.1) is 11.7 Å². The Balaban J connectivity index is 1.51. The molecule has 3 aromatic rings. The van der Waals surface area contributed by atoms with E-state index >= 15 is 0 Å². The van der Waals surface area contributed by atoms with Gasteiger partial charge in [0, 0.05) is 38.0 Å². The van der Waals surface area contributed by atoms with Gasteiger partial charge < -0.3 is 19.1 Å². The molecule has 1 unspecified atom stereocenters. The standard InChI is InChI=1S/C27H29FN2O4/c1-32-25-9-6-21(13-26(25)34-19-23-10-12-33-18-23)16-30(17-22-3-2-11-29-15-22)27(31)14-20-4-7-24(28)8-5-20/h2-9,11,13,15,23H,10,12,14,16-19H2,1H3. The zero-order valence-electron chi connectivity index (χ0n) is 19.3. The van der Waals surface area contributed by atoms with Gasteiger partial charge in [0.05, 0.1) is 26.7 Å². The van der Waals surface area contributed by atoms with Gasteiger partial charge in [-0.1, -0.05) is 24.3 Å². The van der Waals surface area contributed by atoms with Crippen molar-refractivity contribution in [3.05, 3.63) is 89.5 Å². The molecule has 1 aliphatic rings. The number of amides is 1. The molecule has 6 nitrogen and oxygen atoms in total. The Hall–Kier alpha value is -3.45. The van der Waals surface area contributed by atoms with Crippen LogP contribution < -0.4 is 9.47 Å². The number of benzene rings is 2. The molecule has 0 saturated carbocycles. The number of pyridine rings is 1. The fourth-order valence-corrected chi connectivity index (χ4v) is 3.91. The molecule has 0 bridgehead atoms. The van der Waals surface area contributed by atoms with E-state index in [4.69, 9.17) is 14.2 Å². The summed E-state index contributed by atoms with van der Waals surface area (Å²) in [4.78, 5) is 19.2. The van der Waals surface area contributed by atoms with E-state index in [0.29, 0.717) is 43.7 Å². The second-order valence-corrected chi connectivity index (χ2v) is 8.44. The SMILES string of the molecule is COc1ccc(CN(Cc2cccnc2)C(=O)Cc2ccc(F)cc2)cc1OCC1CCOC1. The monoisotopic (exact) mass is 464 g/mol. The van der Waals surface area contributed by atoms with Crippen LogP contribution in [0.15, 0.2) is 67.0 Å². The Labute approximate surface area is 199 Å². The molecule has 178 valence electrons. The number of methoxy groups -OCH3 is 1. The van der Waals surface area contributed by atoms with Gasteiger partial charge in [-0.25, -0.2) is 4.39 Å². The van der Waals surface area contributed by atoms with Gasteiger partial charge >= 0.3 is 0 Å². The van der Waals surface area contributed by atoms with Crippen molar-refractivity contribution >= 4 is 5.91 Å². The number of carbonyl (C=O) groups excluding carboxylic acids is 1. The summed E-state index contributed by atoms with van der Waals surface area (Å²) in [5.74, 6) is 1.29. The smallest absolute Gasteiger partial charge is 0.227 e. The van der Waals surface area contributed by atoms with Gasteiger partial charge in [0.25, 0.3) is 0 Å². The summed E-state index contributed by atoms with van der Waals surface area (Å²) in [6.45, 7) is 2.84. The van der Waals surface area contributed by atoms with Crippen LogP contribution in [0.4, 0.5) is 4.39 Å². The first kappa shape index (κ1) is 23.7. The minimum Gasteiger partial charge on any atom is -0.493 e. The van der Waals surface area contributed by atoms with E-state index in [1.807, 2.05) is 30.3 Å². The van der Waals surface area contributed by atoms with E-state index in [1.54, 1.807) is 36.5 Å². The van der Waals surface area contributed by atoms with E-state index in [2.05, 4.69) is 4.98 Å². The lowest BCUT2D eigenvalue weighted by Gasteiger charge is -2.24. The lowest BCUT2D eigenvalue weighted by Crippen LogP contribution is -2.31. The van der Waals surface area contributed by atoms with Crippen molar-refractivity contribution in [3.63, 3.8) is 0 Å². The van der Waals surface area contributed by atoms with Crippen molar-refractivity contribution < 1.29 is 23.4 Å². The quantitative estimate of drug-likeness (QED) is 0.445. The van der Waals surface area contributed by atoms with Crippen LogP contribution in [0.3, 0.4) is 0 Å². The van der Waals surface area contributed by atoms with Gasteiger partial charge in [-0.05, 0) is 53.4 Å². The van der Waals surface area contributed by atoms with Crippen LogP contribution in [-0.4, -0.2) is 42.7 Å². The molecule has 1 atom stereocenters. The largest absolute Gasteiger partial charge is 0.493 e. The lowest BCUT2D eigenvalue weighted by molar-refractivity contribution is -0.131. The Kier molecular flexibility index (Phi) is 8.09. The summed E-state index contributed by atoms with van der Waals surface area (Å²) < 4.78 is 30.3. The molecular weight excluding hydrogens is 435 g/mol. The summed E-state index contributed by atoms with van der Waals surface area (Å²) in [6, 6.07) is 15.5. The van der Waals surface area contributed by atoms with E-state index < -0.39 is 0 Å². The van der Waals surface area contributed by atoms with Crippen LogP contribution in [0.5, 0.6) is 11.5 Å². The predicted molar refractivity (Wildman–Crippen MR) is 126 cm³/mol. The fraction of sp³-hybridized carbons (Fsp3) is 0.333. The molecule has 1 aliphatic heterocycles. The number of nitrogens with zero attached hydrogens (tertiary/aromatic N) is 2. The average molecular weight is 465 g/mol. The Morgan fingerprint density at radius 2 is 1.88 bits per heavy atom. The first-order valence-electron chi connectivity index (χ1n) is 11.4. The topological polar surface area (TPSA) is 60.9 Å². The highest BCUT2D eigenvalue weighted by molar-refractivity contribution is 5.78. The summed E-state index contributed by atoms with van der Waals surface area (Å²) in [6.07, 6.45) is 4.63. The molecule has 2 heterocycles. The van der Waals surface area contributed by atoms with Crippen molar-refractivity contribution in [1.82, 2.24) is 9.88 Å². The molecule has 1 aromatic heterocycles. The third-order valence-corrected chi connectivity index (χ3v) is 5.82. The van der Waals surface area contributed by atoms with E-state index in [-0.39, 0.29) is 18.1 Å². The van der Waals surface area contributed by atoms with Crippen LogP contribution >= 0.6 is 0 Å². The highest BCUT2D eigenvalue weighted by Gasteiger charge is 2.19. The van der Waals surface area contributed by atoms with Gasteiger partial charge in [-0.3, -0.25) is 9.78 Å². The minimum atomic E-state index is -0.321. The highest BCUT2D eigenvalue weighted by atomic mass is 19.1. The average Bonchev–Trinajstić information content (AvgIpc) is 3.38. The third kappa shape index (κ3) is 6.54. The van der Waals surface area contributed by atoms with Crippen molar-refractivity contribution in [1.29, 1.82) is 0 Å². The number of hydrogen-bond donors (Lipinski definition) is 0. The van der Waals surface area contributed by atoms with Gasteiger partial charge in [0.1, 0.15) is 5.82 Å². The van der Waals surface area contributed by atoms with Crippen LogP contribution in [0.2, 0.25) is 0 Å². The molecule has 2 aromatic carbocycles. The van der Waals surface area contributed by atoms with Gasteiger partial charge in [0.2, 0.25) is 5.91 Å². The zero-order chi connectivity index (χ0) is 23.8. The molecule has 34 heavy (non-hydrogen) atoms. The number of halogens is 1. The van der Waals surface area contributed by atoms with Gasteiger partial charge in [-0.2, -0.15) is 0 Å². The maximum Gasteiger partial charge on any atom is 0.227 e. The second kappa shape index (κ2) is 11.6. The lowest BCUT2D eigenvalue weighted by atomic mass is 10.1. The van der Waals surface area contributed by atoms with E-state index in [1.165, 1.54) is 12.1 Å². The Morgan fingerprint density at radius 1 is 1.09 bits per heavy atom. The van der Waals surface area contributed by atoms with Crippen molar-refractivity contribution in [2.24, 2.45) is 5.92 Å². The molecule has 4 rings (SSSR count). The summed E-state index contributed by atoms with van der Waals surface area (Å²) in [5, 5.41) is 0. The third-order valence-electron chi connectivity index (χ3n) is 5.82. The molecule has 1 amide bonds. The summed E-state index contributed by atoms with van der Waals surface area (Å²) >= 11 is 0. The first-order chi connectivity index (χ1) is 16.6. The van der Waals surface area contributed by atoms with Crippen LogP contribution in [0.25, 0.3) is 0 Å². The van der Waals surface area contributed by atoms with Crippen LogP contribution in [-0.2, 0) is 29.0 Å². The predicted octanol–water partition coefficient (Wildman–Crippen LogP) is 4.42. The molecule has 0 radical (unpaired) electrons. The number of ether oxygens (including phenoxy) is 3. The first-order valence-corrected chi connectivity index (χ1v) is 11.4. The van der Waals surface area contributed by atoms with Gasteiger partial charge in [0.15, 0.2) is 11.5 Å². The Morgan fingerprint density at radius 3 is 2.59 bits per heavy atom. The number of rotatable bonds is 10. The normalized spacial score (nSPS) is 15.2. The summed E-state index contributed by atoms with van der Waals surface area (Å²) in [7, 11) is 1.61. The van der Waals surface area contributed by atoms with Crippen molar-refractivity contribution in [3.8, 4) is 11.5 Å². The Bertz CT molecular complexity index is 1070. The fourth-order valence-electron chi connectivity index (χ4n) is 3.91. The molecular formula is C27H29FN2O4. The maximum absolute atomic E-state index is 13.3. The number of carbonyl (C=O) groups is 1. The number of aromatic nitrogens is 1. The zero-order valence-corrected chi connectivity index (χ0v) is 19.3. The molecule has 1 fully saturated rings. The van der Waals surface area contributed by atoms with Gasteiger partial charge in [-0.15, -0.1) is 0 Å². The van der Waals surface area contributed by atoms with E-state index in [0.717, 1.165) is 29.7 Å². The number of hydrogen-bond acceptors (Lipinski definition) is 5. The molecule has 0 aliphatic carbocycles. The molecule has 1 saturated heterocycles. The van der Waals surface area contributed by atoms with Crippen molar-refractivity contribution in [2.75, 3.05) is 26.9 Å². The van der Waals surface area contributed by atoms with E-state index in [9.17, 15) is 9.18 Å². The maximum atomic E-state index is 13.3. The molecule has 0 spiro atoms. The summed E-state index contributed by atoms with van der Waals surface area (Å²) in [5.41, 5.74) is 2.62. The molecule has 0 N–H and O–H groups in total. The highest BCUT2D eigenvalue weighted by Crippen LogP contribution is 2.30.